The van der Waals surface area contributed by atoms with Gasteiger partial charge < -0.3 is 25.0 Å². The van der Waals surface area contributed by atoms with Crippen LogP contribution in [0.3, 0.4) is 0 Å². The molecular weight excluding hydrogens is 507 g/mol. The molecular formula is C23H35IN4O3. The number of aliphatic imine (C=N–C) groups is 1. The number of hydrogen-bond acceptors (Lipinski definition) is 4. The normalized spacial score (nSPS) is 24.7. The van der Waals surface area contributed by atoms with Crippen molar-refractivity contribution in [2.45, 2.75) is 57.3 Å². The predicted molar refractivity (Wildman–Crippen MR) is 133 cm³/mol. The minimum Gasteiger partial charge on any atom is -0.375 e. The number of nitrogens with one attached hydrogen (secondary N) is 2. The van der Waals surface area contributed by atoms with Crippen LogP contribution in [0.4, 0.5) is 5.69 Å². The Balaban J connectivity index is 0.00000272. The van der Waals surface area contributed by atoms with Gasteiger partial charge in [-0.2, -0.15) is 0 Å². The Morgan fingerprint density at radius 2 is 1.94 bits per heavy atom. The first kappa shape index (κ1) is 24.3. The van der Waals surface area contributed by atoms with Crippen molar-refractivity contribution in [3.05, 3.63) is 29.8 Å². The molecule has 1 saturated carbocycles. The minimum atomic E-state index is 0. The second kappa shape index (κ2) is 12.0. The zero-order valence-electron chi connectivity index (χ0n) is 18.3. The van der Waals surface area contributed by atoms with Gasteiger partial charge in [0.05, 0.1) is 12.7 Å². The molecule has 1 aromatic rings. The third-order valence-electron chi connectivity index (χ3n) is 6.36. The van der Waals surface area contributed by atoms with Gasteiger partial charge in [0.25, 0.3) is 0 Å². The summed E-state index contributed by atoms with van der Waals surface area (Å²) in [6.45, 7) is 3.79. The SMILES string of the molecule is CN=C(NCc1cccc(NC(=O)C2CCCC2)c1)N1CCOC(C2CCCO2)C1.I. The summed E-state index contributed by atoms with van der Waals surface area (Å²) in [6.07, 6.45) is 6.84. The highest BCUT2D eigenvalue weighted by atomic mass is 127. The van der Waals surface area contributed by atoms with Crippen molar-refractivity contribution < 1.29 is 14.3 Å². The van der Waals surface area contributed by atoms with E-state index in [0.29, 0.717) is 13.2 Å². The van der Waals surface area contributed by atoms with Crippen molar-refractivity contribution in [2.75, 3.05) is 38.7 Å². The van der Waals surface area contributed by atoms with Crippen LogP contribution in [-0.4, -0.2) is 62.3 Å². The largest absolute Gasteiger partial charge is 0.375 e. The van der Waals surface area contributed by atoms with E-state index in [-0.39, 0.29) is 48.0 Å². The zero-order valence-corrected chi connectivity index (χ0v) is 20.7. The molecule has 7 nitrogen and oxygen atoms in total. The average Bonchev–Trinajstić information content (AvgIpc) is 3.49. The highest BCUT2D eigenvalue weighted by Gasteiger charge is 2.32. The fraction of sp³-hybridized carbons (Fsp3) is 0.652. The van der Waals surface area contributed by atoms with Crippen molar-refractivity contribution in [3.8, 4) is 0 Å². The number of carbonyl (C=O) groups is 1. The number of benzene rings is 1. The van der Waals surface area contributed by atoms with E-state index in [2.05, 4.69) is 26.6 Å². The molecule has 8 heteroatoms. The van der Waals surface area contributed by atoms with Crippen LogP contribution in [0.2, 0.25) is 0 Å². The minimum absolute atomic E-state index is 0. The van der Waals surface area contributed by atoms with Crippen LogP contribution in [0.5, 0.6) is 0 Å². The third kappa shape index (κ3) is 6.55. The molecule has 1 amide bonds. The fourth-order valence-electron chi connectivity index (χ4n) is 4.69. The first-order chi connectivity index (χ1) is 14.7. The summed E-state index contributed by atoms with van der Waals surface area (Å²) in [7, 11) is 1.82. The maximum absolute atomic E-state index is 12.4. The summed E-state index contributed by atoms with van der Waals surface area (Å²) in [5.41, 5.74) is 1.98. The van der Waals surface area contributed by atoms with E-state index in [9.17, 15) is 4.79 Å². The highest BCUT2D eigenvalue weighted by molar-refractivity contribution is 14.0. The maximum atomic E-state index is 12.4. The number of carbonyl (C=O) groups excluding carboxylic acids is 1. The van der Waals surface area contributed by atoms with Gasteiger partial charge in [0.1, 0.15) is 6.10 Å². The highest BCUT2D eigenvalue weighted by Crippen LogP contribution is 2.26. The molecule has 2 heterocycles. The quantitative estimate of drug-likeness (QED) is 0.339. The van der Waals surface area contributed by atoms with Gasteiger partial charge in [-0.05, 0) is 43.4 Å². The van der Waals surface area contributed by atoms with Gasteiger partial charge in [-0.15, -0.1) is 24.0 Å². The number of morpholine rings is 1. The lowest BCUT2D eigenvalue weighted by Gasteiger charge is -2.37. The Morgan fingerprint density at radius 1 is 1.13 bits per heavy atom. The molecule has 0 spiro atoms. The molecule has 3 fully saturated rings. The average molecular weight is 542 g/mol. The molecule has 31 heavy (non-hydrogen) atoms. The molecule has 1 aromatic carbocycles. The van der Waals surface area contributed by atoms with Gasteiger partial charge in [0.2, 0.25) is 5.91 Å². The topological polar surface area (TPSA) is 75.2 Å². The van der Waals surface area contributed by atoms with Gasteiger partial charge in [-0.1, -0.05) is 25.0 Å². The monoisotopic (exact) mass is 542 g/mol. The molecule has 3 aliphatic rings. The Hall–Kier alpha value is -1.39. The molecule has 2 unspecified atom stereocenters. The Bertz CT molecular complexity index is 748. The number of ether oxygens (including phenoxy) is 2. The van der Waals surface area contributed by atoms with Crippen molar-refractivity contribution in [2.24, 2.45) is 10.9 Å². The van der Waals surface area contributed by atoms with Crippen molar-refractivity contribution >= 4 is 41.5 Å². The summed E-state index contributed by atoms with van der Waals surface area (Å²) in [6, 6.07) is 8.06. The van der Waals surface area contributed by atoms with Crippen LogP contribution in [0.1, 0.15) is 44.1 Å². The number of hydrogen-bond donors (Lipinski definition) is 2. The number of amides is 1. The summed E-state index contributed by atoms with van der Waals surface area (Å²) in [5.74, 6) is 1.20. The number of rotatable bonds is 5. The molecule has 2 N–H and O–H groups in total. The Labute approximate surface area is 202 Å². The molecule has 1 aliphatic carbocycles. The molecule has 2 aliphatic heterocycles. The standard InChI is InChI=1S/C23H34N4O3.HI/c1-24-23(27-11-13-30-21(16-27)20-10-5-12-29-20)25-15-17-6-4-9-19(14-17)26-22(28)18-7-2-3-8-18;/h4,6,9,14,18,20-21H,2-3,5,7-8,10-13,15-16H2,1H3,(H,24,25)(H,26,28);1H. The third-order valence-corrected chi connectivity index (χ3v) is 6.36. The first-order valence-electron chi connectivity index (χ1n) is 11.3. The van der Waals surface area contributed by atoms with Crippen molar-refractivity contribution in [3.63, 3.8) is 0 Å². The van der Waals surface area contributed by atoms with Crippen LogP contribution in [0, 0.1) is 5.92 Å². The number of guanidine groups is 1. The second-order valence-electron chi connectivity index (χ2n) is 8.48. The van der Waals surface area contributed by atoms with E-state index in [1.54, 1.807) is 0 Å². The molecule has 0 radical (unpaired) electrons. The van der Waals surface area contributed by atoms with Gasteiger partial charge in [0.15, 0.2) is 5.96 Å². The van der Waals surface area contributed by atoms with Gasteiger partial charge in [-0.25, -0.2) is 0 Å². The van der Waals surface area contributed by atoms with Crippen LogP contribution in [-0.2, 0) is 20.8 Å². The summed E-state index contributed by atoms with van der Waals surface area (Å²) >= 11 is 0. The van der Waals surface area contributed by atoms with E-state index < -0.39 is 0 Å². The lowest BCUT2D eigenvalue weighted by molar-refractivity contribution is -0.119. The van der Waals surface area contributed by atoms with Crippen molar-refractivity contribution in [1.82, 2.24) is 10.2 Å². The van der Waals surface area contributed by atoms with E-state index >= 15 is 0 Å². The van der Waals surface area contributed by atoms with Crippen LogP contribution in [0.25, 0.3) is 0 Å². The number of nitrogens with zero attached hydrogens (tertiary/aromatic N) is 2. The molecule has 172 valence electrons. The molecule has 0 aromatic heterocycles. The van der Waals surface area contributed by atoms with E-state index in [1.165, 1.54) is 0 Å². The number of anilines is 1. The smallest absolute Gasteiger partial charge is 0.227 e. The Kier molecular flexibility index (Phi) is 9.40. The second-order valence-corrected chi connectivity index (χ2v) is 8.48. The van der Waals surface area contributed by atoms with E-state index in [1.807, 2.05) is 25.2 Å². The predicted octanol–water partition coefficient (Wildman–Crippen LogP) is 3.39. The molecule has 2 atom stereocenters. The Morgan fingerprint density at radius 3 is 2.68 bits per heavy atom. The number of halogens is 1. The fourth-order valence-corrected chi connectivity index (χ4v) is 4.69. The van der Waals surface area contributed by atoms with Gasteiger partial charge in [-0.3, -0.25) is 9.79 Å². The maximum Gasteiger partial charge on any atom is 0.227 e. The summed E-state index contributed by atoms with van der Waals surface area (Å²) in [5, 5.41) is 6.56. The van der Waals surface area contributed by atoms with Crippen LogP contribution >= 0.6 is 24.0 Å². The lowest BCUT2D eigenvalue weighted by atomic mass is 10.1. The van der Waals surface area contributed by atoms with Crippen LogP contribution in [0.15, 0.2) is 29.3 Å². The summed E-state index contributed by atoms with van der Waals surface area (Å²) < 4.78 is 11.8. The summed E-state index contributed by atoms with van der Waals surface area (Å²) in [4.78, 5) is 19.1. The van der Waals surface area contributed by atoms with Crippen molar-refractivity contribution in [1.29, 1.82) is 0 Å². The van der Waals surface area contributed by atoms with E-state index in [0.717, 1.165) is 75.4 Å². The van der Waals surface area contributed by atoms with Crippen LogP contribution < -0.4 is 10.6 Å². The zero-order chi connectivity index (χ0) is 20.8. The molecule has 2 saturated heterocycles. The lowest BCUT2D eigenvalue weighted by Crippen LogP contribution is -2.53. The van der Waals surface area contributed by atoms with Gasteiger partial charge >= 0.3 is 0 Å². The first-order valence-corrected chi connectivity index (χ1v) is 11.3. The van der Waals surface area contributed by atoms with E-state index in [4.69, 9.17) is 9.47 Å². The molecule has 0 bridgehead atoms. The van der Waals surface area contributed by atoms with Gasteiger partial charge in [0, 0.05) is 44.9 Å². The molecule has 4 rings (SSSR count).